The standard InChI is InChI=1S/C19H20N4O3S/c1-13-19(14(2)26-22-13)17-12-20-11-16(21-17)18-9-6-10-23(18)27(24,25)15-7-4-3-5-8-15/h3-5,7-8,11-12,18H,6,9-10H2,1-2H3/t18-/m1/s1. The van der Waals surface area contributed by atoms with Crippen molar-refractivity contribution in [3.8, 4) is 11.3 Å². The summed E-state index contributed by atoms with van der Waals surface area (Å²) in [5.74, 6) is 0.666. The third-order valence-electron chi connectivity index (χ3n) is 4.84. The van der Waals surface area contributed by atoms with Gasteiger partial charge in [-0.2, -0.15) is 4.31 Å². The van der Waals surface area contributed by atoms with Crippen LogP contribution >= 0.6 is 0 Å². The SMILES string of the molecule is Cc1noc(C)c1-c1cncc([C@H]2CCCN2S(=O)(=O)c2ccccc2)n1. The minimum Gasteiger partial charge on any atom is -0.361 e. The number of hydrogen-bond acceptors (Lipinski definition) is 6. The van der Waals surface area contributed by atoms with Crippen LogP contribution in [0.25, 0.3) is 11.3 Å². The van der Waals surface area contributed by atoms with Crippen LogP contribution in [-0.4, -0.2) is 34.4 Å². The highest BCUT2D eigenvalue weighted by molar-refractivity contribution is 7.89. The molecule has 3 heterocycles. The fourth-order valence-corrected chi connectivity index (χ4v) is 5.25. The summed E-state index contributed by atoms with van der Waals surface area (Å²) in [6, 6.07) is 8.18. The van der Waals surface area contributed by atoms with E-state index in [2.05, 4.69) is 10.1 Å². The Morgan fingerprint density at radius 2 is 1.93 bits per heavy atom. The highest BCUT2D eigenvalue weighted by atomic mass is 32.2. The molecule has 7 nitrogen and oxygen atoms in total. The lowest BCUT2D eigenvalue weighted by Crippen LogP contribution is -2.31. The van der Waals surface area contributed by atoms with Crippen molar-refractivity contribution in [2.24, 2.45) is 0 Å². The van der Waals surface area contributed by atoms with Gasteiger partial charge in [0, 0.05) is 6.54 Å². The molecular weight excluding hydrogens is 364 g/mol. The summed E-state index contributed by atoms with van der Waals surface area (Å²) in [6.07, 6.45) is 4.80. The molecule has 0 unspecified atom stereocenters. The summed E-state index contributed by atoms with van der Waals surface area (Å²) >= 11 is 0. The molecule has 4 rings (SSSR count). The van der Waals surface area contributed by atoms with Crippen LogP contribution in [-0.2, 0) is 10.0 Å². The van der Waals surface area contributed by atoms with E-state index in [1.807, 2.05) is 13.8 Å². The average Bonchev–Trinajstić information content (AvgIpc) is 3.30. The van der Waals surface area contributed by atoms with Gasteiger partial charge >= 0.3 is 0 Å². The van der Waals surface area contributed by atoms with E-state index in [-0.39, 0.29) is 6.04 Å². The summed E-state index contributed by atoms with van der Waals surface area (Å²) < 4.78 is 32.9. The van der Waals surface area contributed by atoms with Crippen LogP contribution in [0.5, 0.6) is 0 Å². The number of hydrogen-bond donors (Lipinski definition) is 0. The van der Waals surface area contributed by atoms with Crippen LogP contribution in [0.1, 0.15) is 36.0 Å². The van der Waals surface area contributed by atoms with Gasteiger partial charge in [-0.05, 0) is 38.8 Å². The van der Waals surface area contributed by atoms with Crippen LogP contribution in [0.4, 0.5) is 0 Å². The third-order valence-corrected chi connectivity index (χ3v) is 6.76. The monoisotopic (exact) mass is 384 g/mol. The van der Waals surface area contributed by atoms with E-state index in [4.69, 9.17) is 9.51 Å². The Labute approximate surface area is 158 Å². The number of rotatable bonds is 4. The lowest BCUT2D eigenvalue weighted by molar-refractivity contribution is 0.389. The highest BCUT2D eigenvalue weighted by Crippen LogP contribution is 2.36. The van der Waals surface area contributed by atoms with Crippen LogP contribution in [0.15, 0.2) is 52.1 Å². The van der Waals surface area contributed by atoms with Gasteiger partial charge in [0.25, 0.3) is 0 Å². The van der Waals surface area contributed by atoms with Crippen molar-refractivity contribution in [1.29, 1.82) is 0 Å². The minimum atomic E-state index is -3.58. The molecule has 1 aromatic carbocycles. The van der Waals surface area contributed by atoms with Gasteiger partial charge in [-0.15, -0.1) is 0 Å². The molecule has 0 bridgehead atoms. The van der Waals surface area contributed by atoms with Gasteiger partial charge in [0.1, 0.15) is 5.76 Å². The maximum atomic E-state index is 13.1. The van der Waals surface area contributed by atoms with Crippen LogP contribution < -0.4 is 0 Å². The Hall–Kier alpha value is -2.58. The third kappa shape index (κ3) is 3.15. The maximum absolute atomic E-state index is 13.1. The second-order valence-corrected chi connectivity index (χ2v) is 8.51. The van der Waals surface area contributed by atoms with Crippen LogP contribution in [0, 0.1) is 13.8 Å². The van der Waals surface area contributed by atoms with Crippen molar-refractivity contribution < 1.29 is 12.9 Å². The molecule has 2 aromatic heterocycles. The summed E-state index contributed by atoms with van der Waals surface area (Å²) in [5.41, 5.74) is 2.83. The number of benzene rings is 1. The minimum absolute atomic E-state index is 0.298. The number of sulfonamides is 1. The molecule has 0 spiro atoms. The molecule has 0 N–H and O–H groups in total. The molecule has 140 valence electrons. The normalized spacial score (nSPS) is 18.1. The molecular formula is C19H20N4O3S. The molecule has 0 amide bonds. The van der Waals surface area contributed by atoms with Crippen LogP contribution in [0.2, 0.25) is 0 Å². The zero-order chi connectivity index (χ0) is 19.0. The van der Waals surface area contributed by atoms with Gasteiger partial charge in [-0.3, -0.25) is 4.98 Å². The van der Waals surface area contributed by atoms with Gasteiger partial charge < -0.3 is 4.52 Å². The molecule has 1 atom stereocenters. The maximum Gasteiger partial charge on any atom is 0.243 e. The molecule has 1 fully saturated rings. The van der Waals surface area contributed by atoms with Crippen molar-refractivity contribution in [3.63, 3.8) is 0 Å². The summed E-state index contributed by atoms with van der Waals surface area (Å²) in [4.78, 5) is 9.31. The van der Waals surface area contributed by atoms with E-state index in [1.54, 1.807) is 42.7 Å². The number of aromatic nitrogens is 3. The largest absolute Gasteiger partial charge is 0.361 e. The molecule has 0 saturated carbocycles. The quantitative estimate of drug-likeness (QED) is 0.686. The zero-order valence-electron chi connectivity index (χ0n) is 15.2. The molecule has 0 radical (unpaired) electrons. The topological polar surface area (TPSA) is 89.2 Å². The Morgan fingerprint density at radius 3 is 2.63 bits per heavy atom. The first-order valence-corrected chi connectivity index (χ1v) is 10.2. The van der Waals surface area contributed by atoms with Crippen molar-refractivity contribution in [1.82, 2.24) is 19.4 Å². The van der Waals surface area contributed by atoms with E-state index in [9.17, 15) is 8.42 Å². The Bertz CT molecular complexity index is 1040. The molecule has 3 aromatic rings. The fourth-order valence-electron chi connectivity index (χ4n) is 3.56. The first-order valence-electron chi connectivity index (χ1n) is 8.80. The Kier molecular flexibility index (Phi) is 4.53. The van der Waals surface area contributed by atoms with Gasteiger partial charge in [-0.1, -0.05) is 23.4 Å². The van der Waals surface area contributed by atoms with E-state index in [0.29, 0.717) is 35.0 Å². The highest BCUT2D eigenvalue weighted by Gasteiger charge is 2.37. The molecule has 27 heavy (non-hydrogen) atoms. The van der Waals surface area contributed by atoms with Crippen molar-refractivity contribution in [3.05, 3.63) is 59.9 Å². The smallest absolute Gasteiger partial charge is 0.243 e. The molecule has 1 aliphatic heterocycles. The Morgan fingerprint density at radius 1 is 1.15 bits per heavy atom. The second kappa shape index (κ2) is 6.86. The molecule has 1 aliphatic rings. The van der Waals surface area contributed by atoms with E-state index >= 15 is 0 Å². The fraction of sp³-hybridized carbons (Fsp3) is 0.316. The predicted molar refractivity (Wildman–Crippen MR) is 99.3 cm³/mol. The average molecular weight is 384 g/mol. The molecule has 1 saturated heterocycles. The van der Waals surface area contributed by atoms with E-state index < -0.39 is 10.0 Å². The van der Waals surface area contributed by atoms with E-state index in [1.165, 1.54) is 4.31 Å². The first-order chi connectivity index (χ1) is 13.0. The predicted octanol–water partition coefficient (Wildman–Crippen LogP) is 3.27. The van der Waals surface area contributed by atoms with Crippen LogP contribution in [0.3, 0.4) is 0 Å². The zero-order valence-corrected chi connectivity index (χ0v) is 16.0. The first kappa shape index (κ1) is 17.8. The summed E-state index contributed by atoms with van der Waals surface area (Å²) in [5, 5.41) is 3.96. The Balaban J connectivity index is 1.72. The molecule has 0 aliphatic carbocycles. The van der Waals surface area contributed by atoms with Gasteiger partial charge in [0.2, 0.25) is 10.0 Å². The van der Waals surface area contributed by atoms with E-state index in [0.717, 1.165) is 17.7 Å². The van der Waals surface area contributed by atoms with Crippen molar-refractivity contribution in [2.45, 2.75) is 37.6 Å². The van der Waals surface area contributed by atoms with Crippen molar-refractivity contribution >= 4 is 10.0 Å². The lowest BCUT2D eigenvalue weighted by Gasteiger charge is -2.23. The number of nitrogens with zero attached hydrogens (tertiary/aromatic N) is 4. The van der Waals surface area contributed by atoms with Gasteiger partial charge in [0.15, 0.2) is 0 Å². The molecule has 8 heteroatoms. The van der Waals surface area contributed by atoms with Gasteiger partial charge in [-0.25, -0.2) is 13.4 Å². The van der Waals surface area contributed by atoms with Gasteiger partial charge in [0.05, 0.1) is 46.0 Å². The second-order valence-electron chi connectivity index (χ2n) is 6.62. The number of aryl methyl sites for hydroxylation is 2. The lowest BCUT2D eigenvalue weighted by atomic mass is 10.1. The van der Waals surface area contributed by atoms with Crippen molar-refractivity contribution in [2.75, 3.05) is 6.54 Å². The summed E-state index contributed by atoms with van der Waals surface area (Å²) in [7, 11) is -3.58. The summed E-state index contributed by atoms with van der Waals surface area (Å²) in [6.45, 7) is 4.15.